The fraction of sp³-hybridized carbons (Fsp3) is 0.250. The molecular formula is C20H17F3N2O. The van der Waals surface area contributed by atoms with Crippen LogP contribution in [0.15, 0.2) is 48.5 Å². The van der Waals surface area contributed by atoms with Crippen LogP contribution in [0, 0.1) is 6.92 Å². The number of rotatable bonds is 3. The summed E-state index contributed by atoms with van der Waals surface area (Å²) >= 11 is 0. The fourth-order valence-corrected chi connectivity index (χ4v) is 3.69. The number of aromatic amines is 1. The number of nitrogens with one attached hydrogen (secondary N) is 2. The molecule has 0 aliphatic heterocycles. The molecule has 26 heavy (non-hydrogen) atoms. The normalized spacial score (nSPS) is 15.8. The largest absolute Gasteiger partial charge is 0.418 e. The van der Waals surface area contributed by atoms with Gasteiger partial charge in [0.2, 0.25) is 5.91 Å². The van der Waals surface area contributed by atoms with Crippen LogP contribution in [0.2, 0.25) is 0 Å². The van der Waals surface area contributed by atoms with E-state index in [4.69, 9.17) is 0 Å². The second-order valence-electron chi connectivity index (χ2n) is 6.75. The van der Waals surface area contributed by atoms with Crippen molar-refractivity contribution >= 4 is 22.5 Å². The van der Waals surface area contributed by atoms with Gasteiger partial charge in [-0.25, -0.2) is 0 Å². The Hall–Kier alpha value is -2.76. The molecule has 0 radical (unpaired) electrons. The van der Waals surface area contributed by atoms with Crippen LogP contribution < -0.4 is 5.32 Å². The number of carbonyl (C=O) groups is 1. The molecule has 3 aromatic rings. The molecule has 0 unspecified atom stereocenters. The Bertz CT molecular complexity index is 1000. The van der Waals surface area contributed by atoms with Gasteiger partial charge in [-0.2, -0.15) is 13.2 Å². The first-order valence-corrected chi connectivity index (χ1v) is 8.38. The van der Waals surface area contributed by atoms with Crippen molar-refractivity contribution in [3.63, 3.8) is 0 Å². The Morgan fingerprint density at radius 3 is 2.42 bits per heavy atom. The molecule has 1 aromatic heterocycles. The number of anilines is 1. The Morgan fingerprint density at radius 2 is 1.73 bits per heavy atom. The quantitative estimate of drug-likeness (QED) is 0.667. The van der Waals surface area contributed by atoms with Crippen molar-refractivity contribution < 1.29 is 18.0 Å². The summed E-state index contributed by atoms with van der Waals surface area (Å²) in [6.07, 6.45) is -3.28. The molecule has 1 fully saturated rings. The number of fused-ring (bicyclic) bond motifs is 1. The maximum atomic E-state index is 13.2. The summed E-state index contributed by atoms with van der Waals surface area (Å²) in [4.78, 5) is 16.2. The van der Waals surface area contributed by atoms with Crippen LogP contribution in [-0.2, 0) is 16.4 Å². The van der Waals surface area contributed by atoms with E-state index in [-0.39, 0.29) is 11.6 Å². The summed E-state index contributed by atoms with van der Waals surface area (Å²) in [5.41, 5.74) is 0.879. The van der Waals surface area contributed by atoms with E-state index in [2.05, 4.69) is 10.3 Å². The van der Waals surface area contributed by atoms with Crippen molar-refractivity contribution in [3.05, 3.63) is 65.4 Å². The third-order valence-electron chi connectivity index (χ3n) is 5.04. The molecule has 2 aromatic carbocycles. The standard InChI is InChI=1S/C20H17F3N2O/c1-12-17(13-6-2-4-8-15(13)24-12)19(10-11-19)18(26)25-16-9-5-3-7-14(16)20(21,22)23/h2-9,24H,10-11H2,1H3,(H,25,26). The smallest absolute Gasteiger partial charge is 0.358 e. The van der Waals surface area contributed by atoms with Crippen molar-refractivity contribution in [2.45, 2.75) is 31.4 Å². The summed E-state index contributed by atoms with van der Waals surface area (Å²) in [5.74, 6) is -0.387. The summed E-state index contributed by atoms with van der Waals surface area (Å²) in [5, 5.41) is 3.47. The minimum Gasteiger partial charge on any atom is -0.358 e. The number of halogens is 3. The van der Waals surface area contributed by atoms with Gasteiger partial charge >= 0.3 is 6.18 Å². The minimum absolute atomic E-state index is 0.200. The Labute approximate surface area is 148 Å². The van der Waals surface area contributed by atoms with Gasteiger partial charge in [0, 0.05) is 16.6 Å². The van der Waals surface area contributed by atoms with Gasteiger partial charge in [0.25, 0.3) is 0 Å². The molecule has 3 nitrogen and oxygen atoms in total. The lowest BCUT2D eigenvalue weighted by atomic mass is 9.92. The lowest BCUT2D eigenvalue weighted by Crippen LogP contribution is -2.29. The van der Waals surface area contributed by atoms with Crippen LogP contribution in [0.1, 0.15) is 29.7 Å². The first-order valence-electron chi connectivity index (χ1n) is 8.38. The predicted octanol–water partition coefficient (Wildman–Crippen LogP) is 5.17. The highest BCUT2D eigenvalue weighted by Gasteiger charge is 2.53. The third kappa shape index (κ3) is 2.57. The van der Waals surface area contributed by atoms with Gasteiger partial charge in [-0.15, -0.1) is 0 Å². The Balaban J connectivity index is 1.72. The predicted molar refractivity (Wildman–Crippen MR) is 94.0 cm³/mol. The van der Waals surface area contributed by atoms with Crippen LogP contribution >= 0.6 is 0 Å². The number of benzene rings is 2. The van der Waals surface area contributed by atoms with E-state index in [1.807, 2.05) is 31.2 Å². The van der Waals surface area contributed by atoms with Gasteiger partial charge in [0.15, 0.2) is 0 Å². The van der Waals surface area contributed by atoms with Crippen molar-refractivity contribution in [1.29, 1.82) is 0 Å². The zero-order valence-electron chi connectivity index (χ0n) is 14.1. The highest BCUT2D eigenvalue weighted by atomic mass is 19.4. The summed E-state index contributed by atoms with van der Waals surface area (Å²) in [6.45, 7) is 1.90. The first-order chi connectivity index (χ1) is 12.3. The van der Waals surface area contributed by atoms with Gasteiger partial charge in [-0.1, -0.05) is 30.3 Å². The van der Waals surface area contributed by atoms with Crippen LogP contribution in [0.25, 0.3) is 10.9 Å². The molecule has 0 atom stereocenters. The highest BCUT2D eigenvalue weighted by molar-refractivity contribution is 6.05. The molecule has 0 bridgehead atoms. The lowest BCUT2D eigenvalue weighted by molar-refractivity contribution is -0.137. The fourth-order valence-electron chi connectivity index (χ4n) is 3.69. The first kappa shape index (κ1) is 16.7. The molecule has 1 amide bonds. The van der Waals surface area contributed by atoms with E-state index >= 15 is 0 Å². The van der Waals surface area contributed by atoms with Crippen molar-refractivity contribution in [3.8, 4) is 0 Å². The number of carbonyl (C=O) groups excluding carboxylic acids is 1. The van der Waals surface area contributed by atoms with E-state index in [1.165, 1.54) is 18.2 Å². The number of aromatic nitrogens is 1. The molecule has 2 N–H and O–H groups in total. The zero-order chi connectivity index (χ0) is 18.5. The van der Waals surface area contributed by atoms with Gasteiger partial charge < -0.3 is 10.3 Å². The second kappa shape index (κ2) is 5.62. The molecule has 1 saturated carbocycles. The molecule has 4 rings (SSSR count). The Kier molecular flexibility index (Phi) is 3.61. The molecule has 1 aliphatic rings. The molecule has 6 heteroatoms. The average molecular weight is 358 g/mol. The molecule has 1 heterocycles. The monoisotopic (exact) mass is 358 g/mol. The number of H-pyrrole nitrogens is 1. The number of alkyl halides is 3. The van der Waals surface area contributed by atoms with Crippen molar-refractivity contribution in [2.24, 2.45) is 0 Å². The van der Waals surface area contributed by atoms with Gasteiger partial charge in [-0.05, 0) is 43.5 Å². The summed E-state index contributed by atoms with van der Waals surface area (Å²) in [7, 11) is 0. The number of aryl methyl sites for hydroxylation is 1. The van der Waals surface area contributed by atoms with Crippen LogP contribution in [0.4, 0.5) is 18.9 Å². The maximum Gasteiger partial charge on any atom is 0.418 e. The molecular weight excluding hydrogens is 341 g/mol. The van der Waals surface area contributed by atoms with Gasteiger partial charge in [0.05, 0.1) is 16.7 Å². The van der Waals surface area contributed by atoms with E-state index in [1.54, 1.807) is 0 Å². The van der Waals surface area contributed by atoms with E-state index in [9.17, 15) is 18.0 Å². The molecule has 1 aliphatic carbocycles. The number of amides is 1. The number of para-hydroxylation sites is 2. The minimum atomic E-state index is -4.52. The van der Waals surface area contributed by atoms with E-state index < -0.39 is 17.2 Å². The SMILES string of the molecule is Cc1[nH]c2ccccc2c1C1(C(=O)Nc2ccccc2C(F)(F)F)CC1. The number of hydrogen-bond donors (Lipinski definition) is 2. The molecule has 0 saturated heterocycles. The van der Waals surface area contributed by atoms with Gasteiger partial charge in [-0.3, -0.25) is 4.79 Å². The summed E-state index contributed by atoms with van der Waals surface area (Å²) in [6, 6.07) is 12.7. The van der Waals surface area contributed by atoms with Crippen molar-refractivity contribution in [1.82, 2.24) is 4.98 Å². The topological polar surface area (TPSA) is 44.9 Å². The van der Waals surface area contributed by atoms with Crippen LogP contribution in [0.3, 0.4) is 0 Å². The van der Waals surface area contributed by atoms with E-state index in [0.29, 0.717) is 12.8 Å². The molecule has 134 valence electrons. The Morgan fingerprint density at radius 1 is 1.08 bits per heavy atom. The zero-order valence-corrected chi connectivity index (χ0v) is 14.1. The highest BCUT2D eigenvalue weighted by Crippen LogP contribution is 2.52. The second-order valence-corrected chi connectivity index (χ2v) is 6.75. The average Bonchev–Trinajstić information content (AvgIpc) is 3.31. The van der Waals surface area contributed by atoms with Crippen molar-refractivity contribution in [2.75, 3.05) is 5.32 Å². The maximum absolute atomic E-state index is 13.2. The van der Waals surface area contributed by atoms with Gasteiger partial charge in [0.1, 0.15) is 0 Å². The summed E-state index contributed by atoms with van der Waals surface area (Å²) < 4.78 is 39.6. The molecule has 0 spiro atoms. The lowest BCUT2D eigenvalue weighted by Gasteiger charge is -2.19. The van der Waals surface area contributed by atoms with Crippen LogP contribution in [0.5, 0.6) is 0 Å². The van der Waals surface area contributed by atoms with Crippen LogP contribution in [-0.4, -0.2) is 10.9 Å². The number of hydrogen-bond acceptors (Lipinski definition) is 1. The van der Waals surface area contributed by atoms with E-state index in [0.717, 1.165) is 28.2 Å². The third-order valence-corrected chi connectivity index (χ3v) is 5.04.